The molecule has 116 heavy (non-hydrogen) atoms. The molecule has 4 aliphatic rings. The van der Waals surface area contributed by atoms with Crippen molar-refractivity contribution >= 4 is 35.9 Å². The Labute approximate surface area is 705 Å². The first-order valence-corrected chi connectivity index (χ1v) is 40.5. The SMILES string of the molecule is C.CC(C)(C)C1=CN=CC1.CC(C)(C)C1=NC=CC1.CC(C)(C)C1=NC=NC1.CC(C)(C)C1=NN=CC1.CC(C)(C)c1ccccc1.CC(C)(C)c1ccccn1.CC(C)(C)c1ccccn1.CC(C)(C)c1cccnc1.CC(C)(C)c1cccnn1.CC(C)(C)c1cnccn1.CC(C)(C)c1ncc[nH]1.CC(C)(C)c1ncccn1. The van der Waals surface area contributed by atoms with Crippen molar-refractivity contribution in [3.63, 3.8) is 0 Å². The summed E-state index contributed by atoms with van der Waals surface area (Å²) in [5, 5.41) is 15.6. The van der Waals surface area contributed by atoms with Crippen LogP contribution in [0.1, 0.15) is 321 Å². The summed E-state index contributed by atoms with van der Waals surface area (Å²) in [6.07, 6.45) is 35.9. The number of aromatic nitrogens is 11. The standard InChI is InChI=1S/C10H14.3C9H13N.3C8H12N2.2C8H13N.3C7H12N2.CH4/c1-10(2,3)9-7-5-4-6-8-9;1-9(2,3)8-5-4-6-10-7-8;2*1-9(2,3)8-6-4-5-7-10-8;1-8(2,3)7-6-9-4-5-10-7;1-8(2,3)7-9-5-4-6-10-7;1-8(2,3)7-5-4-6-9-10-7;1-8(2,3)7-4-5-9-6-7;1-8(2,3)7-5-4-6-9-7;1-7(2,3)6-4-8-5-9-6;1-7(2,3)6-8-4-5-9-6;1-7(2,3)6-4-5-8-9-6;/h4-8H,1-3H3;3*4-7H,1-3H3;3*4-6H,1-3H3;5-6H,4H2,1-3H3;4,6H,5H2,1-3H3;5H,4H2,1-3H3;4-5H,1-3H3,(H,8,9);5H,4H2,1-3H3;1H4. The minimum absolute atomic E-state index is 0. The lowest BCUT2D eigenvalue weighted by Gasteiger charge is -2.18. The van der Waals surface area contributed by atoms with Gasteiger partial charge in [-0.25, -0.2) is 19.9 Å². The lowest BCUT2D eigenvalue weighted by Crippen LogP contribution is -2.20. The Morgan fingerprint density at radius 3 is 1.05 bits per heavy atom. The topological polar surface area (TPSA) is 219 Å². The molecule has 7 aromatic heterocycles. The predicted molar refractivity (Wildman–Crippen MR) is 502 cm³/mol. The molecule has 1 aromatic carbocycles. The van der Waals surface area contributed by atoms with Crippen LogP contribution in [0.2, 0.25) is 0 Å². The van der Waals surface area contributed by atoms with E-state index in [1.807, 2.05) is 98.1 Å². The molecule has 0 unspecified atom stereocenters. The van der Waals surface area contributed by atoms with Crippen molar-refractivity contribution in [2.75, 3.05) is 6.54 Å². The van der Waals surface area contributed by atoms with Gasteiger partial charge in [-0.15, -0.1) is 0 Å². The number of aliphatic imine (C=N–C) groups is 4. The Morgan fingerprint density at radius 2 is 0.810 bits per heavy atom. The Kier molecular flexibility index (Phi) is 45.0. The van der Waals surface area contributed by atoms with Crippen LogP contribution in [-0.2, 0) is 43.3 Å². The minimum Gasteiger partial charge on any atom is -0.348 e. The van der Waals surface area contributed by atoms with Crippen LogP contribution < -0.4 is 0 Å². The van der Waals surface area contributed by atoms with Crippen molar-refractivity contribution in [1.82, 2.24) is 55.1 Å². The number of nitrogens with one attached hydrogen (secondary N) is 1. The van der Waals surface area contributed by atoms with E-state index in [2.05, 4.69) is 389 Å². The molecule has 0 aliphatic carbocycles. The molecule has 17 nitrogen and oxygen atoms in total. The van der Waals surface area contributed by atoms with E-state index in [0.717, 1.165) is 60.2 Å². The van der Waals surface area contributed by atoms with E-state index in [-0.39, 0.29) is 61.6 Å². The average Bonchev–Trinajstić information content (AvgIpc) is 1.65. The first-order valence-electron chi connectivity index (χ1n) is 40.5. The monoisotopic (exact) mass is 1580 g/mol. The Balaban J connectivity index is 0.00000124. The number of allylic oxidation sites excluding steroid dienone is 2. The van der Waals surface area contributed by atoms with Gasteiger partial charge in [0.1, 0.15) is 18.0 Å². The van der Waals surface area contributed by atoms with E-state index in [4.69, 9.17) is 0 Å². The predicted octanol–water partition coefficient (Wildman–Crippen LogP) is 25.9. The number of rotatable bonds is 0. The van der Waals surface area contributed by atoms with E-state index in [9.17, 15) is 0 Å². The van der Waals surface area contributed by atoms with Crippen LogP contribution in [0.4, 0.5) is 0 Å². The van der Waals surface area contributed by atoms with Crippen LogP contribution >= 0.6 is 0 Å². The van der Waals surface area contributed by atoms with Gasteiger partial charge in [0.15, 0.2) is 0 Å². The number of pyridine rings is 3. The minimum atomic E-state index is 0. The van der Waals surface area contributed by atoms with Gasteiger partial charge in [0.2, 0.25) is 0 Å². The summed E-state index contributed by atoms with van der Waals surface area (Å²) < 4.78 is 0. The van der Waals surface area contributed by atoms with Gasteiger partial charge >= 0.3 is 0 Å². The van der Waals surface area contributed by atoms with Crippen molar-refractivity contribution in [3.8, 4) is 0 Å². The van der Waals surface area contributed by atoms with Crippen molar-refractivity contribution in [3.05, 3.63) is 241 Å². The van der Waals surface area contributed by atoms with Crippen molar-refractivity contribution < 1.29 is 0 Å². The second-order valence-electron chi connectivity index (χ2n) is 40.7. The fourth-order valence-electron chi connectivity index (χ4n) is 9.26. The van der Waals surface area contributed by atoms with Crippen LogP contribution in [0.5, 0.6) is 0 Å². The van der Waals surface area contributed by atoms with E-state index in [0.29, 0.717) is 10.8 Å². The van der Waals surface area contributed by atoms with E-state index in [1.165, 1.54) is 33.8 Å². The van der Waals surface area contributed by atoms with Crippen molar-refractivity contribution in [2.45, 2.75) is 319 Å². The maximum absolute atomic E-state index is 4.25. The average molecular weight is 1580 g/mol. The lowest BCUT2D eigenvalue weighted by atomic mass is 9.86. The molecule has 11 heterocycles. The number of hydrogen-bond donors (Lipinski definition) is 1. The van der Waals surface area contributed by atoms with Crippen LogP contribution in [-0.4, -0.2) is 97.5 Å². The molecule has 17 heteroatoms. The van der Waals surface area contributed by atoms with Gasteiger partial charge in [-0.2, -0.15) is 20.4 Å². The molecular weight excluding hydrogens is 1430 g/mol. The highest BCUT2D eigenvalue weighted by atomic mass is 15.2. The summed E-state index contributed by atoms with van der Waals surface area (Å²) in [7, 11) is 0. The maximum atomic E-state index is 4.25. The number of H-pyrrole nitrogens is 1. The Bertz CT molecular complexity index is 3510. The molecule has 1 N–H and O–H groups in total. The van der Waals surface area contributed by atoms with E-state index >= 15 is 0 Å². The number of nitrogens with zero attached hydrogens (tertiary/aromatic N) is 16. The van der Waals surface area contributed by atoms with Gasteiger partial charge in [0.25, 0.3) is 0 Å². The third-order valence-corrected chi connectivity index (χ3v) is 17.1. The highest BCUT2D eigenvalue weighted by molar-refractivity contribution is 6.01. The third kappa shape index (κ3) is 47.6. The quantitative estimate of drug-likeness (QED) is 0.151. The van der Waals surface area contributed by atoms with Crippen molar-refractivity contribution in [1.29, 1.82) is 0 Å². The molecule has 0 fully saturated rings. The molecule has 636 valence electrons. The maximum Gasteiger partial charge on any atom is 0.133 e. The molecule has 0 spiro atoms. The summed E-state index contributed by atoms with van der Waals surface area (Å²) in [5.41, 5.74) is 14.5. The first kappa shape index (κ1) is 107. The zero-order chi connectivity index (χ0) is 87.8. The molecule has 0 atom stereocenters. The summed E-state index contributed by atoms with van der Waals surface area (Å²) in [6, 6.07) is 32.4. The number of aromatic amines is 1. The zero-order valence-electron chi connectivity index (χ0n) is 78.1. The molecule has 0 saturated carbocycles. The normalized spacial score (nSPS) is 13.6. The van der Waals surface area contributed by atoms with Gasteiger partial charge in [0.05, 0.1) is 23.6 Å². The molecule has 0 amide bonds. The van der Waals surface area contributed by atoms with Crippen molar-refractivity contribution in [2.24, 2.45) is 51.8 Å². The highest BCUT2D eigenvalue weighted by Gasteiger charge is 2.24. The lowest BCUT2D eigenvalue weighted by molar-refractivity contribution is 0.499. The van der Waals surface area contributed by atoms with Crippen LogP contribution in [0.3, 0.4) is 0 Å². The second-order valence-corrected chi connectivity index (χ2v) is 40.7. The van der Waals surface area contributed by atoms with Crippen LogP contribution in [0.15, 0.2) is 226 Å². The van der Waals surface area contributed by atoms with Gasteiger partial charge < -0.3 is 4.98 Å². The van der Waals surface area contributed by atoms with Gasteiger partial charge in [-0.05, 0) is 81.5 Å². The summed E-state index contributed by atoms with van der Waals surface area (Å²) in [6.45, 7) is 78.6. The molecule has 4 aliphatic heterocycles. The van der Waals surface area contributed by atoms with Crippen LogP contribution in [0.25, 0.3) is 0 Å². The van der Waals surface area contributed by atoms with E-state index in [1.54, 1.807) is 55.9 Å². The summed E-state index contributed by atoms with van der Waals surface area (Å²) in [5.74, 6) is 1.94. The molecule has 0 bridgehead atoms. The molecule has 12 rings (SSSR count). The summed E-state index contributed by atoms with van der Waals surface area (Å²) in [4.78, 5) is 52.6. The number of imidazole rings is 1. The largest absolute Gasteiger partial charge is 0.348 e. The molecule has 0 radical (unpaired) electrons. The van der Waals surface area contributed by atoms with Gasteiger partial charge in [-0.1, -0.05) is 311 Å². The fourth-order valence-corrected chi connectivity index (χ4v) is 9.26. The Hall–Kier alpha value is -9.38. The third-order valence-electron chi connectivity index (χ3n) is 17.1. The van der Waals surface area contributed by atoms with E-state index < -0.39 is 0 Å². The first-order chi connectivity index (χ1) is 52.8. The van der Waals surface area contributed by atoms with Gasteiger partial charge in [0, 0.05) is 190 Å². The van der Waals surface area contributed by atoms with Crippen LogP contribution in [0, 0.1) is 21.7 Å². The zero-order valence-corrected chi connectivity index (χ0v) is 78.1. The fraction of sp³-hybridized carbons (Fsp3) is 0.535. The number of hydrogen-bond acceptors (Lipinski definition) is 16. The van der Waals surface area contributed by atoms with Gasteiger partial charge in [-0.3, -0.25) is 39.9 Å². The molecular formula is C99H155N17. The Morgan fingerprint density at radius 1 is 0.328 bits per heavy atom. The highest BCUT2D eigenvalue weighted by Crippen LogP contribution is 2.30. The smallest absolute Gasteiger partial charge is 0.133 e. The summed E-state index contributed by atoms with van der Waals surface area (Å²) >= 11 is 0. The molecule has 0 saturated heterocycles. The second kappa shape index (κ2) is 49.0. The number of benzene rings is 1. The molecule has 8 aromatic rings.